The first kappa shape index (κ1) is 76.5. The van der Waals surface area contributed by atoms with Crippen LogP contribution in [-0.4, -0.2) is 37.2 Å². The highest BCUT2D eigenvalue weighted by Crippen LogP contribution is 2.16. The first-order valence-electron chi connectivity index (χ1n) is 33.7. The number of unbranched alkanes of at least 4 members (excludes halogenated alkanes) is 27. The summed E-state index contributed by atoms with van der Waals surface area (Å²) >= 11 is 0. The molecule has 81 heavy (non-hydrogen) atoms. The highest BCUT2D eigenvalue weighted by Gasteiger charge is 2.19. The Kier molecular flexibility index (Phi) is 64.3. The molecule has 0 radical (unpaired) electrons. The molecule has 0 aromatic carbocycles. The van der Waals surface area contributed by atoms with Crippen LogP contribution in [0.15, 0.2) is 134 Å². The standard InChI is InChI=1S/C75H124O6/c1-4-7-10-13-16-19-22-25-27-29-31-33-34-35-36-37-38-39-40-42-43-45-47-50-53-56-59-62-65-68-74(77)80-71-72(70-79-73(76)67-64-61-58-55-52-49-24-21-18-15-12-9-6-3)81-75(78)69-66-63-60-57-54-51-48-46-44-41-32-30-28-26-23-20-17-14-11-8-5-2/h7-8,10-11,16-17,19-21,24-28,31-33,35-36,41,46,48,72H,4-6,9,12-15,18,22-23,29-30,34,37-40,42-45,47,49-71H2,1-3H3/b10-7-,11-8-,19-16-,20-17-,24-21-,27-25-,28-26-,33-31-,36-35-,41-32-,48-46-. The van der Waals surface area contributed by atoms with E-state index >= 15 is 0 Å². The minimum Gasteiger partial charge on any atom is -0.462 e. The van der Waals surface area contributed by atoms with Crippen molar-refractivity contribution < 1.29 is 28.6 Å². The van der Waals surface area contributed by atoms with Crippen molar-refractivity contribution in [1.29, 1.82) is 0 Å². The van der Waals surface area contributed by atoms with Crippen LogP contribution in [0.2, 0.25) is 0 Å². The van der Waals surface area contributed by atoms with E-state index in [9.17, 15) is 14.4 Å². The van der Waals surface area contributed by atoms with Crippen LogP contribution >= 0.6 is 0 Å². The molecule has 0 aromatic rings. The van der Waals surface area contributed by atoms with Gasteiger partial charge in [0, 0.05) is 19.3 Å². The van der Waals surface area contributed by atoms with Crippen molar-refractivity contribution in [3.05, 3.63) is 134 Å². The zero-order valence-corrected chi connectivity index (χ0v) is 52.8. The van der Waals surface area contributed by atoms with E-state index in [0.717, 1.165) is 148 Å². The molecule has 0 rings (SSSR count). The average molecular weight is 1120 g/mol. The fourth-order valence-electron chi connectivity index (χ4n) is 9.14. The highest BCUT2D eigenvalue weighted by atomic mass is 16.6. The van der Waals surface area contributed by atoms with Gasteiger partial charge in [-0.15, -0.1) is 0 Å². The van der Waals surface area contributed by atoms with Gasteiger partial charge in [-0.3, -0.25) is 14.4 Å². The number of carbonyl (C=O) groups excluding carboxylic acids is 3. The molecular weight excluding hydrogens is 997 g/mol. The lowest BCUT2D eigenvalue weighted by molar-refractivity contribution is -0.167. The first-order valence-corrected chi connectivity index (χ1v) is 33.7. The first-order chi connectivity index (χ1) is 40.0. The number of esters is 3. The molecule has 0 fully saturated rings. The van der Waals surface area contributed by atoms with E-state index < -0.39 is 6.10 Å². The van der Waals surface area contributed by atoms with Crippen LogP contribution in [0.5, 0.6) is 0 Å². The number of hydrogen-bond acceptors (Lipinski definition) is 6. The van der Waals surface area contributed by atoms with Crippen molar-refractivity contribution in [2.24, 2.45) is 0 Å². The molecule has 0 amide bonds. The van der Waals surface area contributed by atoms with Crippen LogP contribution in [0.25, 0.3) is 0 Å². The largest absolute Gasteiger partial charge is 0.462 e. The fourth-order valence-corrected chi connectivity index (χ4v) is 9.14. The van der Waals surface area contributed by atoms with E-state index in [4.69, 9.17) is 14.2 Å². The summed E-state index contributed by atoms with van der Waals surface area (Å²) in [4.78, 5) is 38.4. The van der Waals surface area contributed by atoms with Gasteiger partial charge in [0.05, 0.1) is 0 Å². The summed E-state index contributed by atoms with van der Waals surface area (Å²) in [5.74, 6) is -0.915. The number of rotatable bonds is 60. The molecule has 0 bridgehead atoms. The van der Waals surface area contributed by atoms with Crippen LogP contribution in [0.3, 0.4) is 0 Å². The van der Waals surface area contributed by atoms with Gasteiger partial charge in [-0.2, -0.15) is 0 Å². The number of allylic oxidation sites excluding steroid dienone is 22. The topological polar surface area (TPSA) is 78.9 Å². The normalized spacial score (nSPS) is 13.0. The van der Waals surface area contributed by atoms with Crippen molar-refractivity contribution in [2.75, 3.05) is 13.2 Å². The van der Waals surface area contributed by atoms with Gasteiger partial charge in [0.15, 0.2) is 6.10 Å². The Labute approximate surface area is 500 Å². The van der Waals surface area contributed by atoms with Gasteiger partial charge in [-0.05, 0) is 135 Å². The molecule has 0 aliphatic rings. The molecule has 1 unspecified atom stereocenters. The van der Waals surface area contributed by atoms with Gasteiger partial charge in [0.25, 0.3) is 0 Å². The van der Waals surface area contributed by atoms with Crippen LogP contribution in [0, 0.1) is 0 Å². The molecule has 0 saturated carbocycles. The van der Waals surface area contributed by atoms with Gasteiger partial charge in [0.1, 0.15) is 13.2 Å². The van der Waals surface area contributed by atoms with Gasteiger partial charge < -0.3 is 14.2 Å². The Balaban J connectivity index is 4.33. The van der Waals surface area contributed by atoms with Crippen molar-refractivity contribution in [3.63, 3.8) is 0 Å². The van der Waals surface area contributed by atoms with Crippen molar-refractivity contribution in [1.82, 2.24) is 0 Å². The van der Waals surface area contributed by atoms with Gasteiger partial charge in [0.2, 0.25) is 0 Å². The minimum atomic E-state index is -0.797. The molecule has 0 aromatic heterocycles. The van der Waals surface area contributed by atoms with E-state index in [-0.39, 0.29) is 31.1 Å². The smallest absolute Gasteiger partial charge is 0.306 e. The Morgan fingerprint density at radius 2 is 0.481 bits per heavy atom. The highest BCUT2D eigenvalue weighted by molar-refractivity contribution is 5.71. The maximum Gasteiger partial charge on any atom is 0.306 e. The second-order valence-corrected chi connectivity index (χ2v) is 22.0. The van der Waals surface area contributed by atoms with E-state index in [1.165, 1.54) is 116 Å². The van der Waals surface area contributed by atoms with Crippen LogP contribution in [-0.2, 0) is 28.6 Å². The number of carbonyl (C=O) groups is 3. The summed E-state index contributed by atoms with van der Waals surface area (Å²) in [6, 6.07) is 0. The zero-order valence-electron chi connectivity index (χ0n) is 52.8. The molecule has 0 heterocycles. The second-order valence-electron chi connectivity index (χ2n) is 22.0. The fraction of sp³-hybridized carbons (Fsp3) is 0.667. The van der Waals surface area contributed by atoms with E-state index in [1.807, 2.05) is 0 Å². The number of hydrogen-bond donors (Lipinski definition) is 0. The molecule has 460 valence electrons. The lowest BCUT2D eigenvalue weighted by Crippen LogP contribution is -2.30. The SMILES string of the molecule is CC/C=C\C/C=C\C/C=C\C/C=C\C/C=C\CCCCCCCCCCCCCCCC(=O)OCC(COC(=O)CCCCCCC/C=C\CCCCCC)OC(=O)CCCCCCC/C=C\C/C=C\C/C=C\C/C=C\C/C=C\CC. The monoisotopic (exact) mass is 1120 g/mol. The Morgan fingerprint density at radius 3 is 0.765 bits per heavy atom. The summed E-state index contributed by atoms with van der Waals surface area (Å²) in [5.41, 5.74) is 0. The van der Waals surface area contributed by atoms with E-state index in [2.05, 4.69) is 154 Å². The Hall–Kier alpha value is -4.45. The summed E-state index contributed by atoms with van der Waals surface area (Å²) < 4.78 is 16.9. The maximum absolute atomic E-state index is 12.9. The van der Waals surface area contributed by atoms with Crippen molar-refractivity contribution in [2.45, 2.75) is 309 Å². The third-order valence-corrected chi connectivity index (χ3v) is 14.1. The van der Waals surface area contributed by atoms with Crippen molar-refractivity contribution in [3.8, 4) is 0 Å². The van der Waals surface area contributed by atoms with Crippen molar-refractivity contribution >= 4 is 17.9 Å². The maximum atomic E-state index is 12.9. The molecule has 0 spiro atoms. The van der Waals surface area contributed by atoms with Crippen LogP contribution in [0.4, 0.5) is 0 Å². The quantitative estimate of drug-likeness (QED) is 0.0261. The molecule has 0 aliphatic heterocycles. The Bertz CT molecular complexity index is 1720. The predicted octanol–water partition coefficient (Wildman–Crippen LogP) is 23.3. The third kappa shape index (κ3) is 66.2. The third-order valence-electron chi connectivity index (χ3n) is 14.1. The molecule has 1 atom stereocenters. The summed E-state index contributed by atoms with van der Waals surface area (Å²) in [5, 5.41) is 0. The lowest BCUT2D eigenvalue weighted by atomic mass is 10.0. The second kappa shape index (κ2) is 68.1. The molecule has 0 saturated heterocycles. The average Bonchev–Trinajstić information content (AvgIpc) is 3.46. The van der Waals surface area contributed by atoms with Crippen LogP contribution in [0.1, 0.15) is 303 Å². The molecular formula is C75H124O6. The Morgan fingerprint density at radius 1 is 0.259 bits per heavy atom. The van der Waals surface area contributed by atoms with E-state index in [1.54, 1.807) is 0 Å². The summed E-state index contributed by atoms with van der Waals surface area (Å²) in [6.07, 6.45) is 96.1. The lowest BCUT2D eigenvalue weighted by Gasteiger charge is -2.18. The van der Waals surface area contributed by atoms with Gasteiger partial charge in [-0.25, -0.2) is 0 Å². The molecule has 0 aliphatic carbocycles. The minimum absolute atomic E-state index is 0.0913. The molecule has 6 nitrogen and oxygen atoms in total. The predicted molar refractivity (Wildman–Crippen MR) is 353 cm³/mol. The van der Waals surface area contributed by atoms with Crippen LogP contribution < -0.4 is 0 Å². The molecule has 0 N–H and O–H groups in total. The van der Waals surface area contributed by atoms with Gasteiger partial charge in [-0.1, -0.05) is 283 Å². The zero-order chi connectivity index (χ0) is 58.5. The summed E-state index contributed by atoms with van der Waals surface area (Å²) in [7, 11) is 0. The number of ether oxygens (including phenoxy) is 3. The molecule has 6 heteroatoms. The van der Waals surface area contributed by atoms with Gasteiger partial charge >= 0.3 is 17.9 Å². The summed E-state index contributed by atoms with van der Waals surface area (Å²) in [6.45, 7) is 6.39. The van der Waals surface area contributed by atoms with E-state index in [0.29, 0.717) is 19.3 Å².